The number of oxazole rings is 1. The molecule has 10 heteroatoms. The molecule has 0 bridgehead atoms. The number of anilines is 2. The molecule has 0 radical (unpaired) electrons. The van der Waals surface area contributed by atoms with Gasteiger partial charge in [0.25, 0.3) is 5.91 Å². The molecule has 1 aliphatic heterocycles. The Morgan fingerprint density at radius 2 is 1.95 bits per heavy atom. The van der Waals surface area contributed by atoms with E-state index >= 15 is 0 Å². The normalized spacial score (nSPS) is 16.9. The quantitative estimate of drug-likeness (QED) is 0.194. The van der Waals surface area contributed by atoms with Crippen LogP contribution in [-0.4, -0.2) is 27.6 Å². The molecule has 42 heavy (non-hydrogen) atoms. The number of ketones is 1. The Kier molecular flexibility index (Phi) is 7.75. The maximum absolute atomic E-state index is 13.7. The van der Waals surface area contributed by atoms with E-state index in [-0.39, 0.29) is 17.7 Å². The number of nitrogens with one attached hydrogen (secondary N) is 3. The van der Waals surface area contributed by atoms with Gasteiger partial charge in [0, 0.05) is 34.0 Å². The van der Waals surface area contributed by atoms with Crippen molar-refractivity contribution in [2.75, 3.05) is 10.6 Å². The summed E-state index contributed by atoms with van der Waals surface area (Å²) >= 11 is 6.60. The zero-order chi connectivity index (χ0) is 29.2. The van der Waals surface area contributed by atoms with Crippen LogP contribution in [0.15, 0.2) is 81.5 Å². The van der Waals surface area contributed by atoms with Crippen LogP contribution in [0.1, 0.15) is 67.1 Å². The van der Waals surface area contributed by atoms with Crippen LogP contribution < -0.4 is 16.0 Å². The molecule has 4 aromatic rings. The summed E-state index contributed by atoms with van der Waals surface area (Å²) in [6.45, 7) is 3.92. The highest BCUT2D eigenvalue weighted by molar-refractivity contribution is 6.31. The number of carbonyl (C=O) groups excluding carboxylic acids is 2. The van der Waals surface area contributed by atoms with Crippen molar-refractivity contribution in [1.82, 2.24) is 15.3 Å². The number of amides is 1. The lowest BCUT2D eigenvalue weighted by molar-refractivity contribution is -0.113. The molecule has 0 saturated heterocycles. The molecule has 214 valence electrons. The summed E-state index contributed by atoms with van der Waals surface area (Å²) in [5, 5.41) is 9.67. The van der Waals surface area contributed by atoms with Gasteiger partial charge in [0.15, 0.2) is 11.4 Å². The van der Waals surface area contributed by atoms with Gasteiger partial charge < -0.3 is 15.1 Å². The van der Waals surface area contributed by atoms with Gasteiger partial charge in [0.1, 0.15) is 17.4 Å². The summed E-state index contributed by atoms with van der Waals surface area (Å²) in [4.78, 5) is 40.2. The average Bonchev–Trinajstić information content (AvgIpc) is 3.35. The molecule has 3 N–H and O–H groups in total. The zero-order valence-electron chi connectivity index (χ0n) is 23.4. The molecule has 1 saturated carbocycles. The molecular weight excluding hydrogens is 552 g/mol. The highest BCUT2D eigenvalue weighted by Gasteiger charge is 2.32. The number of halogens is 1. The second kappa shape index (κ2) is 11.8. The van der Waals surface area contributed by atoms with Gasteiger partial charge in [-0.2, -0.15) is 4.98 Å². The number of para-hydroxylation sites is 1. The predicted octanol–water partition coefficient (Wildman–Crippen LogP) is 6.84. The van der Waals surface area contributed by atoms with E-state index in [4.69, 9.17) is 21.0 Å². The zero-order valence-corrected chi connectivity index (χ0v) is 24.2. The topological polar surface area (TPSA) is 122 Å². The van der Waals surface area contributed by atoms with Crippen LogP contribution in [0, 0.1) is 5.92 Å². The first-order valence-electron chi connectivity index (χ1n) is 14.2. The first-order valence-corrected chi connectivity index (χ1v) is 14.6. The number of hydrogen-bond acceptors (Lipinski definition) is 8. The lowest BCUT2D eigenvalue weighted by atomic mass is 9.80. The standard InChI is InChI=1S/C32H31ClN6O3/c1-3-8-20-11-7-14-24-29(20)42-32(36-24)39-31-35-18(2)26(27(38-31)22-12-4-5-13-23(22)33)30(41)37-25-17-21(15-16-34-25)28(40)19-9-6-10-19/h4-5,7,11-17,19,27H,3,6,8-10H2,1-2H3,(H,34,37,41)(H2,35,36,38,39). The first kappa shape index (κ1) is 27.7. The molecule has 6 rings (SSSR count). The fourth-order valence-electron chi connectivity index (χ4n) is 5.32. The third kappa shape index (κ3) is 5.52. The molecule has 3 heterocycles. The van der Waals surface area contributed by atoms with Crippen LogP contribution in [0.4, 0.5) is 11.8 Å². The van der Waals surface area contributed by atoms with Crippen molar-refractivity contribution >= 4 is 52.2 Å². The van der Waals surface area contributed by atoms with Crippen LogP contribution in [0.25, 0.3) is 11.1 Å². The van der Waals surface area contributed by atoms with Crippen LogP contribution in [0.3, 0.4) is 0 Å². The van der Waals surface area contributed by atoms with E-state index in [1.54, 1.807) is 31.3 Å². The van der Waals surface area contributed by atoms with Gasteiger partial charge in [-0.1, -0.05) is 61.7 Å². The minimum atomic E-state index is -0.734. The number of hydrogen-bond donors (Lipinski definition) is 3. The third-order valence-electron chi connectivity index (χ3n) is 7.69. The van der Waals surface area contributed by atoms with E-state index in [0.29, 0.717) is 39.2 Å². The van der Waals surface area contributed by atoms with Crippen molar-refractivity contribution in [2.24, 2.45) is 10.9 Å². The highest BCUT2D eigenvalue weighted by atomic mass is 35.5. The van der Waals surface area contributed by atoms with E-state index in [1.165, 1.54) is 0 Å². The molecule has 2 aliphatic rings. The van der Waals surface area contributed by atoms with Crippen molar-refractivity contribution in [2.45, 2.75) is 52.0 Å². The Morgan fingerprint density at radius 1 is 1.12 bits per heavy atom. The summed E-state index contributed by atoms with van der Waals surface area (Å²) in [5.41, 5.74) is 4.72. The van der Waals surface area contributed by atoms with Crippen molar-refractivity contribution in [1.29, 1.82) is 0 Å². The lowest BCUT2D eigenvalue weighted by Crippen LogP contribution is -2.37. The fourth-order valence-corrected chi connectivity index (χ4v) is 5.56. The third-order valence-corrected chi connectivity index (χ3v) is 8.03. The van der Waals surface area contributed by atoms with Crippen LogP contribution >= 0.6 is 11.6 Å². The molecule has 1 atom stereocenters. The molecule has 0 spiro atoms. The highest BCUT2D eigenvalue weighted by Crippen LogP contribution is 2.36. The van der Waals surface area contributed by atoms with Crippen LogP contribution in [0.5, 0.6) is 0 Å². The first-order chi connectivity index (χ1) is 20.4. The largest absolute Gasteiger partial charge is 0.423 e. The van der Waals surface area contributed by atoms with Gasteiger partial charge in [-0.3, -0.25) is 14.9 Å². The van der Waals surface area contributed by atoms with Crippen molar-refractivity contribution < 1.29 is 14.0 Å². The molecule has 1 aliphatic carbocycles. The van der Waals surface area contributed by atoms with Crippen molar-refractivity contribution in [3.8, 4) is 0 Å². The van der Waals surface area contributed by atoms with E-state index < -0.39 is 11.9 Å². The average molecular weight is 583 g/mol. The minimum absolute atomic E-state index is 0.0489. The van der Waals surface area contributed by atoms with Crippen molar-refractivity contribution in [3.05, 3.63) is 93.8 Å². The van der Waals surface area contributed by atoms with Gasteiger partial charge >= 0.3 is 6.01 Å². The van der Waals surface area contributed by atoms with E-state index in [9.17, 15) is 9.59 Å². The van der Waals surface area contributed by atoms with Gasteiger partial charge in [-0.05, 0) is 56.0 Å². The predicted molar refractivity (Wildman–Crippen MR) is 164 cm³/mol. The molecule has 2 aromatic heterocycles. The van der Waals surface area contributed by atoms with Gasteiger partial charge in [-0.25, -0.2) is 9.98 Å². The summed E-state index contributed by atoms with van der Waals surface area (Å²) < 4.78 is 6.07. The number of carbonyl (C=O) groups is 2. The number of fused-ring (bicyclic) bond motifs is 1. The Morgan fingerprint density at radius 3 is 2.71 bits per heavy atom. The summed E-state index contributed by atoms with van der Waals surface area (Å²) in [6, 6.07) is 16.1. The number of aliphatic imine (C=N–C) groups is 1. The number of benzene rings is 2. The maximum atomic E-state index is 13.7. The number of aromatic nitrogens is 2. The number of allylic oxidation sites excluding steroid dienone is 1. The number of rotatable bonds is 8. The molecule has 2 aromatic carbocycles. The van der Waals surface area contributed by atoms with Gasteiger partial charge in [0.2, 0.25) is 5.96 Å². The Labute approximate surface area is 248 Å². The Hall–Kier alpha value is -4.50. The monoisotopic (exact) mass is 582 g/mol. The summed E-state index contributed by atoms with van der Waals surface area (Å²) in [6.07, 6.45) is 6.28. The molecule has 1 amide bonds. The smallest absolute Gasteiger partial charge is 0.302 e. The molecular formula is C32H31ClN6O3. The van der Waals surface area contributed by atoms with E-state index in [1.807, 2.05) is 36.4 Å². The number of guanidine groups is 1. The molecule has 1 unspecified atom stereocenters. The SMILES string of the molecule is CCCc1cccc2nc(NC3=NC(c4ccccc4Cl)C(C(=O)Nc4cc(C(=O)C5CCC5)ccn4)=C(C)N3)oc12. The number of pyridine rings is 1. The maximum Gasteiger partial charge on any atom is 0.302 e. The van der Waals surface area contributed by atoms with Crippen LogP contribution in [-0.2, 0) is 11.2 Å². The Bertz CT molecular complexity index is 1740. The van der Waals surface area contributed by atoms with E-state index in [0.717, 1.165) is 48.8 Å². The van der Waals surface area contributed by atoms with Gasteiger partial charge in [0.05, 0.1) is 5.57 Å². The second-order valence-corrected chi connectivity index (χ2v) is 11.0. The molecule has 1 fully saturated rings. The number of Topliss-reactive ketones (excluding diaryl/α,β-unsaturated/α-hetero) is 1. The Balaban J connectivity index is 1.29. The summed E-state index contributed by atoms with van der Waals surface area (Å²) in [7, 11) is 0. The molecule has 9 nitrogen and oxygen atoms in total. The second-order valence-electron chi connectivity index (χ2n) is 10.6. The van der Waals surface area contributed by atoms with E-state index in [2.05, 4.69) is 32.8 Å². The van der Waals surface area contributed by atoms with Gasteiger partial charge in [-0.15, -0.1) is 0 Å². The summed E-state index contributed by atoms with van der Waals surface area (Å²) in [5.74, 6) is 0.394. The number of nitrogens with zero attached hydrogens (tertiary/aromatic N) is 3. The minimum Gasteiger partial charge on any atom is -0.423 e. The number of aryl methyl sites for hydroxylation is 1. The lowest BCUT2D eigenvalue weighted by Gasteiger charge is -2.27. The fraction of sp³-hybridized carbons (Fsp3) is 0.281. The van der Waals surface area contributed by atoms with Crippen LogP contribution in [0.2, 0.25) is 5.02 Å². The van der Waals surface area contributed by atoms with Crippen molar-refractivity contribution in [3.63, 3.8) is 0 Å².